The lowest BCUT2D eigenvalue weighted by Gasteiger charge is -2.24. The van der Waals surface area contributed by atoms with Crippen molar-refractivity contribution in [1.29, 1.82) is 0 Å². The van der Waals surface area contributed by atoms with E-state index in [-0.39, 0.29) is 5.91 Å². The number of amides is 1. The van der Waals surface area contributed by atoms with Crippen LogP contribution in [0.1, 0.15) is 19.0 Å². The Kier molecular flexibility index (Phi) is 4.61. The van der Waals surface area contributed by atoms with Crippen LogP contribution in [0.3, 0.4) is 0 Å². The summed E-state index contributed by atoms with van der Waals surface area (Å²) in [6.45, 7) is 3.62. The molecule has 2 heterocycles. The van der Waals surface area contributed by atoms with Gasteiger partial charge in [-0.05, 0) is 6.42 Å². The highest BCUT2D eigenvalue weighted by atomic mass is 32.1. The van der Waals surface area contributed by atoms with E-state index in [0.717, 1.165) is 29.4 Å². The lowest BCUT2D eigenvalue weighted by molar-refractivity contribution is -0.127. The van der Waals surface area contributed by atoms with Gasteiger partial charge in [0.25, 0.3) is 0 Å². The summed E-state index contributed by atoms with van der Waals surface area (Å²) in [6, 6.07) is 0. The molecule has 0 aliphatic heterocycles. The summed E-state index contributed by atoms with van der Waals surface area (Å²) in [7, 11) is 3.53. The van der Waals surface area contributed by atoms with E-state index in [1.807, 2.05) is 20.9 Å². The molecule has 2 rings (SSSR count). The molecule has 2 aromatic heterocycles. The third-order valence-corrected chi connectivity index (χ3v) is 3.91. The number of hydrogen-bond acceptors (Lipinski definition) is 5. The Bertz CT molecular complexity index is 589. The molecule has 6 nitrogen and oxygen atoms in total. The molecule has 0 spiro atoms. The van der Waals surface area contributed by atoms with Crippen molar-refractivity contribution in [2.45, 2.75) is 19.9 Å². The van der Waals surface area contributed by atoms with Crippen LogP contribution in [0.2, 0.25) is 0 Å². The third kappa shape index (κ3) is 2.78. The zero-order valence-electron chi connectivity index (χ0n) is 12.2. The normalized spacial score (nSPS) is 11.0. The number of imidazole rings is 1. The number of nitrogens with two attached hydrogens (primary N) is 1. The van der Waals surface area contributed by atoms with Gasteiger partial charge in [-0.3, -0.25) is 9.20 Å². The molecule has 0 radical (unpaired) electrons. The van der Waals surface area contributed by atoms with Gasteiger partial charge < -0.3 is 15.5 Å². The molecule has 0 aliphatic rings. The molecule has 2 aromatic rings. The van der Waals surface area contributed by atoms with Crippen LogP contribution in [0, 0.1) is 0 Å². The van der Waals surface area contributed by atoms with Crippen molar-refractivity contribution in [3.05, 3.63) is 17.3 Å². The molecule has 0 aliphatic carbocycles. The van der Waals surface area contributed by atoms with Crippen LogP contribution in [-0.4, -0.2) is 47.4 Å². The Morgan fingerprint density at radius 3 is 2.85 bits per heavy atom. The van der Waals surface area contributed by atoms with Gasteiger partial charge in [0.05, 0.1) is 12.2 Å². The maximum absolute atomic E-state index is 12.0. The summed E-state index contributed by atoms with van der Waals surface area (Å²) in [5, 5.41) is 1.99. The zero-order chi connectivity index (χ0) is 14.7. The van der Waals surface area contributed by atoms with Crippen LogP contribution >= 0.6 is 11.3 Å². The first-order chi connectivity index (χ1) is 9.58. The average molecular weight is 295 g/mol. The van der Waals surface area contributed by atoms with Gasteiger partial charge in [-0.15, -0.1) is 11.3 Å². The Labute approximate surface area is 122 Å². The van der Waals surface area contributed by atoms with Gasteiger partial charge in [0.15, 0.2) is 10.8 Å². The minimum absolute atomic E-state index is 0.0674. The molecule has 110 valence electrons. The second-order valence-electron chi connectivity index (χ2n) is 4.85. The molecular formula is C13H21N5OS. The lowest BCUT2D eigenvalue weighted by atomic mass is 10.3. The van der Waals surface area contributed by atoms with Crippen molar-refractivity contribution >= 4 is 28.0 Å². The molecule has 7 heteroatoms. The predicted octanol–water partition coefficient (Wildman–Crippen LogP) is 1.16. The monoisotopic (exact) mass is 295 g/mol. The van der Waals surface area contributed by atoms with Crippen LogP contribution in [0.4, 0.5) is 5.82 Å². The number of carbonyl (C=O) groups is 1. The SMILES string of the molecule is CCCN(CC(=O)N(C)C)c1nc2sccn2c1CN. The van der Waals surface area contributed by atoms with Crippen LogP contribution in [-0.2, 0) is 11.3 Å². The highest BCUT2D eigenvalue weighted by Gasteiger charge is 2.20. The van der Waals surface area contributed by atoms with E-state index in [2.05, 4.69) is 11.9 Å². The second kappa shape index (κ2) is 6.23. The third-order valence-electron chi connectivity index (χ3n) is 3.15. The standard InChI is InChI=1S/C13H21N5OS/c1-4-5-17(9-11(19)16(2)3)12-10(8-14)18-6-7-20-13(18)15-12/h6-7H,4-5,8-9,14H2,1-3H3. The number of carbonyl (C=O) groups excluding carboxylic acids is 1. The van der Waals surface area contributed by atoms with Crippen molar-refractivity contribution in [2.75, 3.05) is 32.1 Å². The van der Waals surface area contributed by atoms with Gasteiger partial charge in [0.2, 0.25) is 5.91 Å². The van der Waals surface area contributed by atoms with E-state index in [4.69, 9.17) is 5.73 Å². The molecule has 2 N–H and O–H groups in total. The first-order valence-corrected chi connectivity index (χ1v) is 7.56. The second-order valence-corrected chi connectivity index (χ2v) is 5.72. The number of likely N-dealkylation sites (N-methyl/N-ethyl adjacent to an activating group) is 1. The highest BCUT2D eigenvalue weighted by Crippen LogP contribution is 2.24. The van der Waals surface area contributed by atoms with Gasteiger partial charge >= 0.3 is 0 Å². The van der Waals surface area contributed by atoms with Crippen LogP contribution < -0.4 is 10.6 Å². The van der Waals surface area contributed by atoms with Crippen LogP contribution in [0.15, 0.2) is 11.6 Å². The summed E-state index contributed by atoms with van der Waals surface area (Å²) in [6.07, 6.45) is 2.92. The van der Waals surface area contributed by atoms with Gasteiger partial charge in [0.1, 0.15) is 0 Å². The van der Waals surface area contributed by atoms with E-state index in [9.17, 15) is 4.79 Å². The number of thiazole rings is 1. The quantitative estimate of drug-likeness (QED) is 0.868. The molecule has 0 saturated carbocycles. The largest absolute Gasteiger partial charge is 0.347 e. The molecule has 0 bridgehead atoms. The molecule has 1 amide bonds. The fourth-order valence-electron chi connectivity index (χ4n) is 2.10. The van der Waals surface area contributed by atoms with Crippen LogP contribution in [0.5, 0.6) is 0 Å². The van der Waals surface area contributed by atoms with E-state index in [0.29, 0.717) is 13.1 Å². The number of hydrogen-bond donors (Lipinski definition) is 1. The van der Waals surface area contributed by atoms with E-state index < -0.39 is 0 Å². The molecule has 0 aromatic carbocycles. The summed E-state index contributed by atoms with van der Waals surface area (Å²) < 4.78 is 2.00. The van der Waals surface area contributed by atoms with Gasteiger partial charge in [-0.1, -0.05) is 6.92 Å². The van der Waals surface area contributed by atoms with Crippen molar-refractivity contribution in [3.8, 4) is 0 Å². The zero-order valence-corrected chi connectivity index (χ0v) is 13.0. The topological polar surface area (TPSA) is 66.9 Å². The smallest absolute Gasteiger partial charge is 0.241 e. The minimum Gasteiger partial charge on any atom is -0.347 e. The van der Waals surface area contributed by atoms with Crippen molar-refractivity contribution < 1.29 is 4.79 Å². The molecule has 0 atom stereocenters. The predicted molar refractivity (Wildman–Crippen MR) is 82.2 cm³/mol. The fourth-order valence-corrected chi connectivity index (χ4v) is 2.83. The Morgan fingerprint density at radius 1 is 1.50 bits per heavy atom. The maximum atomic E-state index is 12.0. The summed E-state index contributed by atoms with van der Waals surface area (Å²) >= 11 is 1.57. The first kappa shape index (κ1) is 14.8. The number of nitrogens with zero attached hydrogens (tertiary/aromatic N) is 4. The highest BCUT2D eigenvalue weighted by molar-refractivity contribution is 7.15. The summed E-state index contributed by atoms with van der Waals surface area (Å²) in [5.41, 5.74) is 6.83. The van der Waals surface area contributed by atoms with E-state index >= 15 is 0 Å². The maximum Gasteiger partial charge on any atom is 0.241 e. The fraction of sp³-hybridized carbons (Fsp3) is 0.538. The molecule has 0 fully saturated rings. The Hall–Kier alpha value is -1.60. The minimum atomic E-state index is 0.0674. The molecule has 0 unspecified atom stereocenters. The molecule has 20 heavy (non-hydrogen) atoms. The molecular weight excluding hydrogens is 274 g/mol. The Morgan fingerprint density at radius 2 is 2.25 bits per heavy atom. The average Bonchev–Trinajstić information content (AvgIpc) is 2.97. The van der Waals surface area contributed by atoms with Gasteiger partial charge in [0, 0.05) is 38.8 Å². The summed E-state index contributed by atoms with van der Waals surface area (Å²) in [5.74, 6) is 0.897. The van der Waals surface area contributed by atoms with E-state index in [1.54, 1.807) is 30.3 Å². The van der Waals surface area contributed by atoms with Gasteiger partial charge in [-0.25, -0.2) is 4.98 Å². The number of fused-ring (bicyclic) bond motifs is 1. The van der Waals surface area contributed by atoms with Crippen molar-refractivity contribution in [3.63, 3.8) is 0 Å². The van der Waals surface area contributed by atoms with E-state index in [1.165, 1.54) is 0 Å². The first-order valence-electron chi connectivity index (χ1n) is 6.68. The Balaban J connectivity index is 2.35. The number of aromatic nitrogens is 2. The summed E-state index contributed by atoms with van der Waals surface area (Å²) in [4.78, 5) is 21.1. The lowest BCUT2D eigenvalue weighted by Crippen LogP contribution is -2.38. The molecule has 0 saturated heterocycles. The number of rotatable bonds is 6. The van der Waals surface area contributed by atoms with Crippen molar-refractivity contribution in [2.24, 2.45) is 5.73 Å². The van der Waals surface area contributed by atoms with Crippen molar-refractivity contribution in [1.82, 2.24) is 14.3 Å². The van der Waals surface area contributed by atoms with Crippen LogP contribution in [0.25, 0.3) is 4.96 Å². The number of anilines is 1. The van der Waals surface area contributed by atoms with Gasteiger partial charge in [-0.2, -0.15) is 0 Å².